The third-order valence-corrected chi connectivity index (χ3v) is 2.33. The molecule has 1 aliphatic heterocycles. The monoisotopic (exact) mass is 200 g/mol. The van der Waals surface area contributed by atoms with Crippen molar-refractivity contribution in [2.75, 3.05) is 0 Å². The molecule has 0 amide bonds. The Morgan fingerprint density at radius 2 is 1.79 bits per heavy atom. The lowest BCUT2D eigenvalue weighted by Gasteiger charge is -2.27. The lowest BCUT2D eigenvalue weighted by Crippen LogP contribution is -2.36. The van der Waals surface area contributed by atoms with Crippen LogP contribution in [0.3, 0.4) is 0 Å². The Labute approximate surface area is 87.3 Å². The van der Waals surface area contributed by atoms with E-state index in [1.54, 1.807) is 0 Å². The Morgan fingerprint density at radius 1 is 1.21 bits per heavy atom. The van der Waals surface area contributed by atoms with E-state index in [-0.39, 0.29) is 17.8 Å². The van der Waals surface area contributed by atoms with Gasteiger partial charge in [0.15, 0.2) is 0 Å². The summed E-state index contributed by atoms with van der Waals surface area (Å²) in [6.45, 7) is 12.3. The van der Waals surface area contributed by atoms with E-state index >= 15 is 0 Å². The van der Waals surface area contributed by atoms with Gasteiger partial charge < -0.3 is 14.0 Å². The highest BCUT2D eigenvalue weighted by Gasteiger charge is 2.48. The van der Waals surface area contributed by atoms with Gasteiger partial charge in [-0.1, -0.05) is 13.8 Å². The van der Waals surface area contributed by atoms with Gasteiger partial charge in [0, 0.05) is 6.10 Å². The average Bonchev–Trinajstić information content (AvgIpc) is 2.23. The molecule has 0 aromatic rings. The van der Waals surface area contributed by atoms with Crippen molar-refractivity contribution < 1.29 is 14.0 Å². The van der Waals surface area contributed by atoms with Gasteiger partial charge >= 0.3 is 7.32 Å². The Bertz CT molecular complexity index is 192. The highest BCUT2D eigenvalue weighted by molar-refractivity contribution is 6.37. The maximum atomic E-state index is 5.70. The Hall–Kier alpha value is -0.0551. The lowest BCUT2D eigenvalue weighted by molar-refractivity contribution is 0.0428. The van der Waals surface area contributed by atoms with Crippen molar-refractivity contribution in [1.29, 1.82) is 0 Å². The molecule has 0 saturated carbocycles. The third kappa shape index (κ3) is 2.72. The molecular weight excluding hydrogens is 179 g/mol. The molecule has 0 radical (unpaired) electrons. The van der Waals surface area contributed by atoms with E-state index in [1.165, 1.54) is 0 Å². The van der Waals surface area contributed by atoms with Crippen LogP contribution in [0.4, 0.5) is 0 Å². The average molecular weight is 200 g/mol. The number of hydrogen-bond acceptors (Lipinski definition) is 3. The smallest absolute Gasteiger partial charge is 0.384 e. The lowest BCUT2D eigenvalue weighted by atomic mass is 9.93. The van der Waals surface area contributed by atoms with Gasteiger partial charge in [0.2, 0.25) is 0 Å². The highest BCUT2D eigenvalue weighted by atomic mass is 16.8. The molecule has 4 heteroatoms. The van der Waals surface area contributed by atoms with E-state index in [1.807, 2.05) is 27.7 Å². The summed E-state index contributed by atoms with van der Waals surface area (Å²) >= 11 is 0. The van der Waals surface area contributed by atoms with Crippen LogP contribution in [-0.4, -0.2) is 25.1 Å². The van der Waals surface area contributed by atoms with E-state index in [0.29, 0.717) is 5.92 Å². The first-order chi connectivity index (χ1) is 6.33. The molecule has 0 aliphatic carbocycles. The molecule has 3 nitrogen and oxygen atoms in total. The van der Waals surface area contributed by atoms with Crippen molar-refractivity contribution in [3.05, 3.63) is 0 Å². The molecule has 1 fully saturated rings. The molecule has 1 rings (SSSR count). The van der Waals surface area contributed by atoms with Crippen LogP contribution in [0, 0.1) is 5.92 Å². The van der Waals surface area contributed by atoms with Crippen LogP contribution in [0.25, 0.3) is 0 Å². The first-order valence-corrected chi connectivity index (χ1v) is 5.31. The van der Waals surface area contributed by atoms with Crippen molar-refractivity contribution in [2.24, 2.45) is 5.92 Å². The van der Waals surface area contributed by atoms with E-state index in [9.17, 15) is 0 Å². The second kappa shape index (κ2) is 4.21. The van der Waals surface area contributed by atoms with E-state index in [0.717, 1.165) is 0 Å². The van der Waals surface area contributed by atoms with E-state index in [2.05, 4.69) is 13.8 Å². The normalized spacial score (nSPS) is 26.6. The third-order valence-electron chi connectivity index (χ3n) is 2.33. The fraction of sp³-hybridized carbons (Fsp3) is 1.00. The van der Waals surface area contributed by atoms with Gasteiger partial charge in [-0.3, -0.25) is 0 Å². The standard InChI is InChI=1S/C10H21BO3/c1-7(2)9-10(5,6)14-11(13-9)12-8(3)4/h7-9H,1-6H3. The minimum atomic E-state index is -0.502. The predicted octanol–water partition coefficient (Wildman–Crippen LogP) is 2.25. The zero-order valence-corrected chi connectivity index (χ0v) is 10.0. The Morgan fingerprint density at radius 3 is 2.14 bits per heavy atom. The van der Waals surface area contributed by atoms with Gasteiger partial charge in [-0.15, -0.1) is 0 Å². The van der Waals surface area contributed by atoms with Gasteiger partial charge in [-0.2, -0.15) is 0 Å². The van der Waals surface area contributed by atoms with Crippen molar-refractivity contribution in [3.63, 3.8) is 0 Å². The van der Waals surface area contributed by atoms with Crippen LogP contribution in [0.2, 0.25) is 0 Å². The van der Waals surface area contributed by atoms with Gasteiger partial charge in [0.1, 0.15) is 0 Å². The topological polar surface area (TPSA) is 27.7 Å². The second-order valence-electron chi connectivity index (χ2n) is 5.00. The first-order valence-electron chi connectivity index (χ1n) is 5.31. The second-order valence-corrected chi connectivity index (χ2v) is 5.00. The van der Waals surface area contributed by atoms with Crippen molar-refractivity contribution in [3.8, 4) is 0 Å². The molecule has 14 heavy (non-hydrogen) atoms. The summed E-state index contributed by atoms with van der Waals surface area (Å²) in [6.07, 6.45) is 0.230. The van der Waals surface area contributed by atoms with Crippen LogP contribution in [0.15, 0.2) is 0 Å². The maximum absolute atomic E-state index is 5.70. The quantitative estimate of drug-likeness (QED) is 0.654. The van der Waals surface area contributed by atoms with Crippen LogP contribution >= 0.6 is 0 Å². The van der Waals surface area contributed by atoms with Gasteiger partial charge in [0.25, 0.3) is 0 Å². The molecule has 0 spiro atoms. The summed E-state index contributed by atoms with van der Waals surface area (Å²) in [6, 6.07) is 0. The molecule has 0 aromatic heterocycles. The molecule has 0 bridgehead atoms. The largest absolute Gasteiger partial charge is 0.640 e. The minimum Gasteiger partial charge on any atom is -0.384 e. The van der Waals surface area contributed by atoms with Crippen LogP contribution in [0.5, 0.6) is 0 Å². The molecule has 1 saturated heterocycles. The van der Waals surface area contributed by atoms with Gasteiger partial charge in [-0.25, -0.2) is 0 Å². The summed E-state index contributed by atoms with van der Waals surface area (Å²) in [5.41, 5.74) is -0.256. The van der Waals surface area contributed by atoms with Crippen LogP contribution < -0.4 is 0 Å². The fourth-order valence-electron chi connectivity index (χ4n) is 1.87. The van der Waals surface area contributed by atoms with Gasteiger partial charge in [-0.05, 0) is 33.6 Å². The predicted molar refractivity (Wildman–Crippen MR) is 56.9 cm³/mol. The molecule has 0 aromatic carbocycles. The summed E-state index contributed by atoms with van der Waals surface area (Å²) < 4.78 is 16.9. The molecular formula is C10H21BO3. The summed E-state index contributed by atoms with van der Waals surface area (Å²) in [5, 5.41) is 0. The molecule has 1 heterocycles. The molecule has 1 aliphatic rings. The highest BCUT2D eigenvalue weighted by Crippen LogP contribution is 2.32. The van der Waals surface area contributed by atoms with Crippen molar-refractivity contribution >= 4 is 7.32 Å². The van der Waals surface area contributed by atoms with Gasteiger partial charge in [0.05, 0.1) is 11.7 Å². The molecule has 0 N–H and O–H groups in total. The Balaban J connectivity index is 2.57. The van der Waals surface area contributed by atoms with Crippen LogP contribution in [-0.2, 0) is 14.0 Å². The Kier molecular flexibility index (Phi) is 3.61. The summed E-state index contributed by atoms with van der Waals surface area (Å²) in [4.78, 5) is 0. The van der Waals surface area contributed by atoms with Crippen molar-refractivity contribution in [2.45, 2.75) is 59.4 Å². The minimum absolute atomic E-state index is 0.103. The molecule has 1 atom stereocenters. The van der Waals surface area contributed by atoms with Crippen molar-refractivity contribution in [1.82, 2.24) is 0 Å². The zero-order valence-electron chi connectivity index (χ0n) is 10.0. The number of rotatable bonds is 3. The van der Waals surface area contributed by atoms with Crippen LogP contribution in [0.1, 0.15) is 41.5 Å². The zero-order chi connectivity index (χ0) is 10.9. The fourth-order valence-corrected chi connectivity index (χ4v) is 1.87. The summed E-state index contributed by atoms with van der Waals surface area (Å²) in [5.74, 6) is 0.436. The first kappa shape index (κ1) is 12.0. The summed E-state index contributed by atoms with van der Waals surface area (Å²) in [7, 11) is -0.502. The molecule has 1 unspecified atom stereocenters. The number of hydrogen-bond donors (Lipinski definition) is 0. The SMILES string of the molecule is CC(C)OB1OC(C(C)C)C(C)(C)O1. The maximum Gasteiger partial charge on any atom is 0.640 e. The van der Waals surface area contributed by atoms with E-state index < -0.39 is 7.32 Å². The molecule has 82 valence electrons. The van der Waals surface area contributed by atoms with E-state index in [4.69, 9.17) is 14.0 Å².